The van der Waals surface area contributed by atoms with Crippen LogP contribution in [0, 0.1) is 0 Å². The molecule has 5 heteroatoms. The lowest BCUT2D eigenvalue weighted by Gasteiger charge is -2.24. The van der Waals surface area contributed by atoms with Crippen molar-refractivity contribution in [2.75, 3.05) is 6.54 Å². The van der Waals surface area contributed by atoms with E-state index in [0.717, 1.165) is 12.0 Å². The maximum atomic E-state index is 12.3. The average molecular weight is 303 g/mol. The molecule has 0 aliphatic heterocycles. The molecule has 1 N–H and O–H groups in total. The van der Waals surface area contributed by atoms with E-state index >= 15 is 0 Å². The van der Waals surface area contributed by atoms with E-state index in [-0.39, 0.29) is 12.1 Å². The molecule has 0 aliphatic carbocycles. The molecule has 4 nitrogen and oxygen atoms in total. The molecule has 0 radical (unpaired) electrons. The summed E-state index contributed by atoms with van der Waals surface area (Å²) in [6.45, 7) is 5.31. The van der Waals surface area contributed by atoms with Crippen molar-refractivity contribution in [3.8, 4) is 0 Å². The van der Waals surface area contributed by atoms with Crippen molar-refractivity contribution in [2.45, 2.75) is 32.9 Å². The molecular weight excluding hydrogens is 282 g/mol. The van der Waals surface area contributed by atoms with Crippen molar-refractivity contribution in [3.63, 3.8) is 0 Å². The van der Waals surface area contributed by atoms with E-state index in [0.29, 0.717) is 13.1 Å². The maximum absolute atomic E-state index is 12.3. The molecule has 0 spiro atoms. The lowest BCUT2D eigenvalue weighted by atomic mass is 10.1. The SMILES string of the molecule is CCN(Cc1ccncc1)C(=O)N[C@@H](C)Cc1ccsc1. The topological polar surface area (TPSA) is 45.2 Å². The minimum Gasteiger partial charge on any atom is -0.335 e. The Labute approximate surface area is 129 Å². The van der Waals surface area contributed by atoms with Crippen LogP contribution in [-0.2, 0) is 13.0 Å². The Balaban J connectivity index is 1.87. The van der Waals surface area contributed by atoms with Crippen LogP contribution in [0.1, 0.15) is 25.0 Å². The second-order valence-electron chi connectivity index (χ2n) is 5.06. The van der Waals surface area contributed by atoms with Gasteiger partial charge in [0.1, 0.15) is 0 Å². The number of pyridine rings is 1. The van der Waals surface area contributed by atoms with E-state index in [2.05, 4.69) is 27.1 Å². The first-order chi connectivity index (χ1) is 10.2. The van der Waals surface area contributed by atoms with Gasteiger partial charge in [-0.1, -0.05) is 0 Å². The van der Waals surface area contributed by atoms with Crippen LogP contribution >= 0.6 is 11.3 Å². The summed E-state index contributed by atoms with van der Waals surface area (Å²) < 4.78 is 0. The standard InChI is InChI=1S/C16H21N3OS/c1-3-19(11-14-4-7-17-8-5-14)16(20)18-13(2)10-15-6-9-21-12-15/h4-9,12-13H,3,10-11H2,1-2H3,(H,18,20)/t13-/m0/s1. The number of nitrogens with zero attached hydrogens (tertiary/aromatic N) is 2. The molecule has 0 saturated heterocycles. The fourth-order valence-electron chi connectivity index (χ4n) is 2.15. The summed E-state index contributed by atoms with van der Waals surface area (Å²) in [5.41, 5.74) is 2.36. The van der Waals surface area contributed by atoms with Crippen LogP contribution in [0.3, 0.4) is 0 Å². The highest BCUT2D eigenvalue weighted by molar-refractivity contribution is 7.07. The molecule has 21 heavy (non-hydrogen) atoms. The summed E-state index contributed by atoms with van der Waals surface area (Å²) in [6, 6.07) is 6.08. The smallest absolute Gasteiger partial charge is 0.317 e. The van der Waals surface area contributed by atoms with Gasteiger partial charge in [-0.25, -0.2) is 4.79 Å². The largest absolute Gasteiger partial charge is 0.335 e. The fraction of sp³-hybridized carbons (Fsp3) is 0.375. The highest BCUT2D eigenvalue weighted by Gasteiger charge is 2.14. The predicted octanol–water partition coefficient (Wildman–Crippen LogP) is 3.31. The molecule has 0 unspecified atom stereocenters. The number of urea groups is 1. The zero-order chi connectivity index (χ0) is 15.1. The molecule has 0 fully saturated rings. The summed E-state index contributed by atoms with van der Waals surface area (Å²) in [4.78, 5) is 18.1. The number of thiophene rings is 1. The molecule has 2 aromatic heterocycles. The third-order valence-corrected chi connectivity index (χ3v) is 4.02. The molecule has 0 saturated carbocycles. The van der Waals surface area contributed by atoms with Crippen LogP contribution in [0.2, 0.25) is 0 Å². The van der Waals surface area contributed by atoms with Crippen molar-refractivity contribution in [3.05, 3.63) is 52.5 Å². The van der Waals surface area contributed by atoms with E-state index in [4.69, 9.17) is 0 Å². The van der Waals surface area contributed by atoms with Gasteiger partial charge < -0.3 is 10.2 Å². The van der Waals surface area contributed by atoms with Crippen LogP contribution < -0.4 is 5.32 Å². The number of hydrogen-bond donors (Lipinski definition) is 1. The first-order valence-corrected chi connectivity index (χ1v) is 8.08. The van der Waals surface area contributed by atoms with Crippen LogP contribution in [-0.4, -0.2) is 28.5 Å². The third kappa shape index (κ3) is 4.86. The van der Waals surface area contributed by atoms with Gasteiger partial charge in [0, 0.05) is 31.5 Å². The van der Waals surface area contributed by atoms with Gasteiger partial charge >= 0.3 is 6.03 Å². The molecule has 0 aromatic carbocycles. The minimum absolute atomic E-state index is 0.0166. The maximum Gasteiger partial charge on any atom is 0.317 e. The summed E-state index contributed by atoms with van der Waals surface area (Å²) in [5.74, 6) is 0. The molecule has 2 rings (SSSR count). The van der Waals surface area contributed by atoms with Gasteiger partial charge in [0.2, 0.25) is 0 Å². The van der Waals surface area contributed by atoms with Crippen LogP contribution in [0.4, 0.5) is 4.79 Å². The second-order valence-corrected chi connectivity index (χ2v) is 5.84. The molecular formula is C16H21N3OS. The Kier molecular flexibility index (Phi) is 5.75. The van der Waals surface area contributed by atoms with Crippen LogP contribution in [0.5, 0.6) is 0 Å². The zero-order valence-electron chi connectivity index (χ0n) is 12.5. The number of carbonyl (C=O) groups excluding carboxylic acids is 1. The minimum atomic E-state index is -0.0166. The molecule has 2 amide bonds. The van der Waals surface area contributed by atoms with Crippen LogP contribution in [0.25, 0.3) is 0 Å². The Morgan fingerprint density at radius 2 is 2.10 bits per heavy atom. The summed E-state index contributed by atoms with van der Waals surface area (Å²) in [6.07, 6.45) is 4.36. The van der Waals surface area contributed by atoms with Crippen molar-refractivity contribution < 1.29 is 4.79 Å². The van der Waals surface area contributed by atoms with Gasteiger partial charge in [-0.05, 0) is 60.4 Å². The fourth-order valence-corrected chi connectivity index (χ4v) is 2.83. The zero-order valence-corrected chi connectivity index (χ0v) is 13.3. The number of aromatic nitrogens is 1. The van der Waals surface area contributed by atoms with Crippen LogP contribution in [0.15, 0.2) is 41.4 Å². The van der Waals surface area contributed by atoms with Gasteiger partial charge in [-0.2, -0.15) is 11.3 Å². The first kappa shape index (κ1) is 15.5. The Morgan fingerprint density at radius 1 is 1.33 bits per heavy atom. The number of nitrogens with one attached hydrogen (secondary N) is 1. The monoisotopic (exact) mass is 303 g/mol. The van der Waals surface area contributed by atoms with Crippen molar-refractivity contribution in [1.29, 1.82) is 0 Å². The van der Waals surface area contributed by atoms with Gasteiger partial charge in [0.15, 0.2) is 0 Å². The predicted molar refractivity (Wildman–Crippen MR) is 86.3 cm³/mol. The molecule has 2 heterocycles. The average Bonchev–Trinajstić information content (AvgIpc) is 2.98. The van der Waals surface area contributed by atoms with Gasteiger partial charge in [0.25, 0.3) is 0 Å². The Hall–Kier alpha value is -1.88. The second kappa shape index (κ2) is 7.78. The molecule has 0 aliphatic rings. The first-order valence-electron chi connectivity index (χ1n) is 7.14. The number of amides is 2. The van der Waals surface area contributed by atoms with E-state index in [1.165, 1.54) is 5.56 Å². The van der Waals surface area contributed by atoms with Crippen molar-refractivity contribution in [1.82, 2.24) is 15.2 Å². The molecule has 112 valence electrons. The molecule has 2 aromatic rings. The van der Waals surface area contributed by atoms with E-state index < -0.39 is 0 Å². The lowest BCUT2D eigenvalue weighted by Crippen LogP contribution is -2.44. The van der Waals surface area contributed by atoms with Gasteiger partial charge in [0.05, 0.1) is 0 Å². The quantitative estimate of drug-likeness (QED) is 0.890. The lowest BCUT2D eigenvalue weighted by molar-refractivity contribution is 0.194. The summed E-state index contributed by atoms with van der Waals surface area (Å²) in [7, 11) is 0. The number of hydrogen-bond acceptors (Lipinski definition) is 3. The summed E-state index contributed by atoms with van der Waals surface area (Å²) >= 11 is 1.68. The third-order valence-electron chi connectivity index (χ3n) is 3.28. The normalized spacial score (nSPS) is 11.9. The highest BCUT2D eigenvalue weighted by Crippen LogP contribution is 2.09. The molecule has 0 bridgehead atoms. The van der Waals surface area contributed by atoms with Crippen molar-refractivity contribution in [2.24, 2.45) is 0 Å². The van der Waals surface area contributed by atoms with Gasteiger partial charge in [-0.15, -0.1) is 0 Å². The Morgan fingerprint density at radius 3 is 2.71 bits per heavy atom. The van der Waals surface area contributed by atoms with Crippen molar-refractivity contribution >= 4 is 17.4 Å². The van der Waals surface area contributed by atoms with Gasteiger partial charge in [-0.3, -0.25) is 4.98 Å². The van der Waals surface area contributed by atoms with E-state index in [1.54, 1.807) is 28.6 Å². The van der Waals surface area contributed by atoms with E-state index in [1.807, 2.05) is 26.0 Å². The Bertz CT molecular complexity index is 542. The summed E-state index contributed by atoms with van der Waals surface area (Å²) in [5, 5.41) is 7.25. The number of rotatable bonds is 6. The molecule has 1 atom stereocenters. The highest BCUT2D eigenvalue weighted by atomic mass is 32.1. The number of carbonyl (C=O) groups is 1. The van der Waals surface area contributed by atoms with E-state index in [9.17, 15) is 4.79 Å².